The van der Waals surface area contributed by atoms with Gasteiger partial charge in [-0.15, -0.1) is 0 Å². The second-order valence-corrected chi connectivity index (χ2v) is 5.45. The number of anilines is 1. The summed E-state index contributed by atoms with van der Waals surface area (Å²) in [6, 6.07) is 10.5. The number of rotatable bonds is 7. The van der Waals surface area contributed by atoms with E-state index in [1.165, 1.54) is 11.9 Å². The number of aliphatic hydroxyl groups excluding tert-OH is 1. The Hall–Kier alpha value is -2.47. The zero-order chi connectivity index (χ0) is 16.1. The molecule has 6 heteroatoms. The summed E-state index contributed by atoms with van der Waals surface area (Å²) in [5.74, 6) is 1.21. The van der Waals surface area contributed by atoms with Crippen molar-refractivity contribution in [3.05, 3.63) is 48.4 Å². The van der Waals surface area contributed by atoms with Crippen molar-refractivity contribution in [2.45, 2.75) is 25.8 Å². The van der Waals surface area contributed by atoms with Gasteiger partial charge in [-0.25, -0.2) is 14.6 Å². The van der Waals surface area contributed by atoms with Crippen molar-refractivity contribution in [1.82, 2.24) is 19.7 Å². The van der Waals surface area contributed by atoms with Gasteiger partial charge in [0.1, 0.15) is 12.1 Å². The normalized spacial score (nSPS) is 12.4. The lowest BCUT2D eigenvalue weighted by atomic mass is 9.96. The van der Waals surface area contributed by atoms with Crippen molar-refractivity contribution < 1.29 is 5.11 Å². The summed E-state index contributed by atoms with van der Waals surface area (Å²) in [4.78, 5) is 8.61. The number of fused-ring (bicyclic) bond motifs is 1. The van der Waals surface area contributed by atoms with Crippen LogP contribution < -0.4 is 5.32 Å². The largest absolute Gasteiger partial charge is 0.394 e. The molecular formula is C17H21N5O. The third kappa shape index (κ3) is 3.32. The summed E-state index contributed by atoms with van der Waals surface area (Å²) in [6.45, 7) is 3.46. The Balaban J connectivity index is 1.79. The van der Waals surface area contributed by atoms with Gasteiger partial charge in [0.25, 0.3) is 0 Å². The van der Waals surface area contributed by atoms with E-state index in [9.17, 15) is 0 Å². The average molecular weight is 311 g/mol. The summed E-state index contributed by atoms with van der Waals surface area (Å²) >= 11 is 0. The second-order valence-electron chi connectivity index (χ2n) is 5.45. The van der Waals surface area contributed by atoms with Gasteiger partial charge in [0, 0.05) is 12.5 Å². The lowest BCUT2D eigenvalue weighted by Crippen LogP contribution is -2.13. The maximum absolute atomic E-state index is 9.08. The molecule has 23 heavy (non-hydrogen) atoms. The number of benzene rings is 1. The van der Waals surface area contributed by atoms with E-state index < -0.39 is 0 Å². The van der Waals surface area contributed by atoms with Crippen molar-refractivity contribution in [3.63, 3.8) is 0 Å². The van der Waals surface area contributed by atoms with E-state index in [1.54, 1.807) is 10.9 Å². The standard InChI is InChI=1S/C17H21N5O/c1-2-13(14-6-4-3-5-7-14)10-18-16-15-11-21-22(8-9-23)17(15)20-12-19-16/h3-7,11-13,23H,2,8-10H2,1H3,(H,18,19,20). The minimum absolute atomic E-state index is 0.0372. The second kappa shape index (κ2) is 7.19. The summed E-state index contributed by atoms with van der Waals surface area (Å²) in [5.41, 5.74) is 2.06. The lowest BCUT2D eigenvalue weighted by molar-refractivity contribution is 0.271. The summed E-state index contributed by atoms with van der Waals surface area (Å²) in [5, 5.41) is 17.7. The number of nitrogens with one attached hydrogen (secondary N) is 1. The SMILES string of the molecule is CCC(CNc1ncnc2c1cnn2CCO)c1ccccc1. The molecule has 2 N–H and O–H groups in total. The van der Waals surface area contributed by atoms with Crippen molar-refractivity contribution in [2.75, 3.05) is 18.5 Å². The molecule has 0 amide bonds. The van der Waals surface area contributed by atoms with E-state index in [2.05, 4.69) is 51.6 Å². The highest BCUT2D eigenvalue weighted by Crippen LogP contribution is 2.22. The minimum Gasteiger partial charge on any atom is -0.394 e. The molecule has 0 spiro atoms. The van der Waals surface area contributed by atoms with E-state index in [1.807, 2.05) is 6.07 Å². The first-order valence-electron chi connectivity index (χ1n) is 7.89. The maximum Gasteiger partial charge on any atom is 0.163 e. The van der Waals surface area contributed by atoms with Crippen molar-refractivity contribution in [2.24, 2.45) is 0 Å². The Kier molecular flexibility index (Phi) is 4.83. The van der Waals surface area contributed by atoms with Crippen molar-refractivity contribution in [3.8, 4) is 0 Å². The molecule has 2 aromatic heterocycles. The van der Waals surface area contributed by atoms with Gasteiger partial charge in [-0.05, 0) is 12.0 Å². The van der Waals surface area contributed by atoms with Gasteiger partial charge in [0.15, 0.2) is 5.65 Å². The molecule has 1 aromatic carbocycles. The molecule has 1 unspecified atom stereocenters. The van der Waals surface area contributed by atoms with Crippen LogP contribution in [-0.2, 0) is 6.54 Å². The molecule has 0 aliphatic carbocycles. The fourth-order valence-corrected chi connectivity index (χ4v) is 2.74. The van der Waals surface area contributed by atoms with Crippen LogP contribution in [0.4, 0.5) is 5.82 Å². The zero-order valence-electron chi connectivity index (χ0n) is 13.2. The molecule has 120 valence electrons. The molecule has 1 atom stereocenters. The topological polar surface area (TPSA) is 75.9 Å². The molecule has 3 rings (SSSR count). The number of aromatic nitrogens is 4. The molecule has 0 aliphatic rings. The number of hydrogen-bond acceptors (Lipinski definition) is 5. The van der Waals surface area contributed by atoms with E-state index in [0.29, 0.717) is 12.5 Å². The molecule has 6 nitrogen and oxygen atoms in total. The van der Waals surface area contributed by atoms with E-state index in [4.69, 9.17) is 5.11 Å². The molecule has 0 aliphatic heterocycles. The molecule has 0 bridgehead atoms. The highest BCUT2D eigenvalue weighted by molar-refractivity contribution is 5.86. The van der Waals surface area contributed by atoms with Crippen LogP contribution in [0.15, 0.2) is 42.9 Å². The van der Waals surface area contributed by atoms with E-state index in [0.717, 1.165) is 29.8 Å². The third-order valence-electron chi connectivity index (χ3n) is 4.03. The van der Waals surface area contributed by atoms with Gasteiger partial charge in [0.2, 0.25) is 0 Å². The molecule has 0 fully saturated rings. The predicted molar refractivity (Wildman–Crippen MR) is 90.4 cm³/mol. The molecule has 0 saturated carbocycles. The van der Waals surface area contributed by atoms with Gasteiger partial charge >= 0.3 is 0 Å². The van der Waals surface area contributed by atoms with Crippen LogP contribution in [0, 0.1) is 0 Å². The first kappa shape index (κ1) is 15.4. The quantitative estimate of drug-likeness (QED) is 0.701. The van der Waals surface area contributed by atoms with Crippen LogP contribution >= 0.6 is 0 Å². The Morgan fingerprint density at radius 3 is 2.78 bits per heavy atom. The van der Waals surface area contributed by atoms with Gasteiger partial charge in [0.05, 0.1) is 24.7 Å². The summed E-state index contributed by atoms with van der Waals surface area (Å²) in [7, 11) is 0. The molecule has 2 heterocycles. The monoisotopic (exact) mass is 311 g/mol. The first-order valence-corrected chi connectivity index (χ1v) is 7.89. The molecular weight excluding hydrogens is 290 g/mol. The van der Waals surface area contributed by atoms with Crippen LogP contribution in [-0.4, -0.2) is 38.0 Å². The number of hydrogen-bond donors (Lipinski definition) is 2. The maximum atomic E-state index is 9.08. The molecule has 0 radical (unpaired) electrons. The number of nitrogens with zero attached hydrogens (tertiary/aromatic N) is 4. The third-order valence-corrected chi connectivity index (χ3v) is 4.03. The Morgan fingerprint density at radius 2 is 2.04 bits per heavy atom. The highest BCUT2D eigenvalue weighted by Gasteiger charge is 2.12. The highest BCUT2D eigenvalue weighted by atomic mass is 16.3. The Bertz CT molecular complexity index is 756. The fourth-order valence-electron chi connectivity index (χ4n) is 2.74. The first-order chi connectivity index (χ1) is 11.3. The zero-order valence-corrected chi connectivity index (χ0v) is 13.2. The van der Waals surface area contributed by atoms with Crippen LogP contribution in [0.3, 0.4) is 0 Å². The Morgan fingerprint density at radius 1 is 1.22 bits per heavy atom. The number of aliphatic hydroxyl groups is 1. The van der Waals surface area contributed by atoms with E-state index in [-0.39, 0.29) is 6.61 Å². The smallest absolute Gasteiger partial charge is 0.163 e. The van der Waals surface area contributed by atoms with Gasteiger partial charge in [-0.2, -0.15) is 5.10 Å². The van der Waals surface area contributed by atoms with Crippen molar-refractivity contribution >= 4 is 16.9 Å². The lowest BCUT2D eigenvalue weighted by Gasteiger charge is -2.16. The van der Waals surface area contributed by atoms with E-state index >= 15 is 0 Å². The van der Waals surface area contributed by atoms with Gasteiger partial charge in [-0.1, -0.05) is 37.3 Å². The van der Waals surface area contributed by atoms with Crippen molar-refractivity contribution in [1.29, 1.82) is 0 Å². The van der Waals surface area contributed by atoms with Crippen LogP contribution in [0.2, 0.25) is 0 Å². The summed E-state index contributed by atoms with van der Waals surface area (Å²) in [6.07, 6.45) is 4.33. The average Bonchev–Trinajstić information content (AvgIpc) is 3.01. The molecule has 0 saturated heterocycles. The van der Waals surface area contributed by atoms with Crippen LogP contribution in [0.25, 0.3) is 11.0 Å². The van der Waals surface area contributed by atoms with Crippen LogP contribution in [0.5, 0.6) is 0 Å². The Labute approximate surface area is 135 Å². The minimum atomic E-state index is 0.0372. The predicted octanol–water partition coefficient (Wildman–Crippen LogP) is 2.42. The fraction of sp³-hybridized carbons (Fsp3) is 0.353. The van der Waals surface area contributed by atoms with Gasteiger partial charge in [-0.3, -0.25) is 0 Å². The van der Waals surface area contributed by atoms with Crippen LogP contribution in [0.1, 0.15) is 24.8 Å². The van der Waals surface area contributed by atoms with Gasteiger partial charge < -0.3 is 10.4 Å². The molecule has 3 aromatic rings. The summed E-state index contributed by atoms with van der Waals surface area (Å²) < 4.78 is 1.69.